The van der Waals surface area contributed by atoms with E-state index in [-0.39, 0.29) is 5.91 Å². The molecule has 1 N–H and O–H groups in total. The van der Waals surface area contributed by atoms with Crippen molar-refractivity contribution >= 4 is 45.4 Å². The average molecular weight is 360 g/mol. The van der Waals surface area contributed by atoms with Crippen molar-refractivity contribution in [3.8, 4) is 5.75 Å². The summed E-state index contributed by atoms with van der Waals surface area (Å²) in [6, 6.07) is 21.6. The van der Waals surface area contributed by atoms with Crippen molar-refractivity contribution in [2.45, 2.75) is 0 Å². The van der Waals surface area contributed by atoms with E-state index in [1.807, 2.05) is 54.6 Å². The summed E-state index contributed by atoms with van der Waals surface area (Å²) in [5.41, 5.74) is 1.78. The highest BCUT2D eigenvalue weighted by Crippen LogP contribution is 2.30. The predicted octanol–water partition coefficient (Wildman–Crippen LogP) is 4.74. The van der Waals surface area contributed by atoms with Crippen LogP contribution >= 0.6 is 11.8 Å². The maximum atomic E-state index is 12.3. The summed E-state index contributed by atoms with van der Waals surface area (Å²) in [5.74, 6) is 0.642. The number of thioether (sulfide) groups is 1. The van der Waals surface area contributed by atoms with E-state index in [4.69, 9.17) is 4.74 Å². The summed E-state index contributed by atoms with van der Waals surface area (Å²) in [6.07, 6.45) is 1.92. The largest absolute Gasteiger partial charge is 0.497 e. The fourth-order valence-electron chi connectivity index (χ4n) is 2.77. The van der Waals surface area contributed by atoms with Gasteiger partial charge in [0.25, 0.3) is 5.91 Å². The number of benzene rings is 3. The number of rotatable bonds is 3. The van der Waals surface area contributed by atoms with Gasteiger partial charge in [-0.05, 0) is 58.4 Å². The van der Waals surface area contributed by atoms with Crippen LogP contribution in [0.1, 0.15) is 5.56 Å². The Morgan fingerprint density at radius 3 is 2.58 bits per heavy atom. The quantitative estimate of drug-likeness (QED) is 0.687. The lowest BCUT2D eigenvalue weighted by Gasteiger charge is -2.02. The lowest BCUT2D eigenvalue weighted by atomic mass is 10.0. The van der Waals surface area contributed by atoms with Crippen LogP contribution in [0.25, 0.3) is 16.8 Å². The van der Waals surface area contributed by atoms with E-state index in [0.29, 0.717) is 10.1 Å². The molecule has 0 radical (unpaired) electrons. The molecule has 0 unspecified atom stereocenters. The maximum absolute atomic E-state index is 12.3. The number of hydrogen-bond donors (Lipinski definition) is 1. The maximum Gasteiger partial charge on any atom is 0.264 e. The minimum absolute atomic E-state index is 0.129. The number of nitrogens with one attached hydrogen (secondary N) is 1. The van der Waals surface area contributed by atoms with Crippen molar-refractivity contribution in [1.29, 1.82) is 0 Å². The molecule has 1 aliphatic heterocycles. The number of carbonyl (C=O) groups is 1. The van der Waals surface area contributed by atoms with Crippen LogP contribution in [0.2, 0.25) is 0 Å². The second-order valence-electron chi connectivity index (χ2n) is 5.75. The molecule has 0 saturated carbocycles. The molecular weight excluding hydrogens is 344 g/mol. The van der Waals surface area contributed by atoms with E-state index < -0.39 is 0 Å². The molecule has 0 spiro atoms. The van der Waals surface area contributed by atoms with Gasteiger partial charge in [0.05, 0.1) is 17.7 Å². The fraction of sp³-hybridized carbons (Fsp3) is 0.0476. The number of carbonyl (C=O) groups excluding carboxylic acids is 1. The third kappa shape index (κ3) is 3.34. The number of nitrogens with zero attached hydrogens (tertiary/aromatic N) is 1. The van der Waals surface area contributed by atoms with Crippen molar-refractivity contribution in [1.82, 2.24) is 5.32 Å². The molecule has 4 nitrogen and oxygen atoms in total. The number of amides is 1. The van der Waals surface area contributed by atoms with Gasteiger partial charge in [0, 0.05) is 0 Å². The highest BCUT2D eigenvalue weighted by atomic mass is 32.2. The molecule has 0 aliphatic carbocycles. The first-order chi connectivity index (χ1) is 12.7. The minimum atomic E-state index is -0.129. The first-order valence-corrected chi connectivity index (χ1v) is 8.96. The SMILES string of the molecule is COc1ccc(N=C2NC(=O)/C(=C/c3cccc4ccccc34)S2)cc1. The second-order valence-corrected chi connectivity index (χ2v) is 6.78. The molecule has 128 valence electrons. The van der Waals surface area contributed by atoms with Gasteiger partial charge in [-0.25, -0.2) is 4.99 Å². The molecular formula is C21H16N2O2S. The molecule has 3 aromatic carbocycles. The molecule has 1 fully saturated rings. The Labute approximate surface area is 155 Å². The van der Waals surface area contributed by atoms with E-state index in [2.05, 4.69) is 28.5 Å². The van der Waals surface area contributed by atoms with Crippen LogP contribution in [0.4, 0.5) is 5.69 Å². The number of fused-ring (bicyclic) bond motifs is 1. The van der Waals surface area contributed by atoms with Gasteiger partial charge in [0.15, 0.2) is 5.17 Å². The van der Waals surface area contributed by atoms with Crippen LogP contribution in [0.5, 0.6) is 5.75 Å². The predicted molar refractivity (Wildman–Crippen MR) is 108 cm³/mol. The van der Waals surface area contributed by atoms with E-state index in [0.717, 1.165) is 27.8 Å². The van der Waals surface area contributed by atoms with E-state index >= 15 is 0 Å². The van der Waals surface area contributed by atoms with Crippen LogP contribution in [-0.4, -0.2) is 18.2 Å². The van der Waals surface area contributed by atoms with Crippen molar-refractivity contribution in [2.75, 3.05) is 7.11 Å². The zero-order chi connectivity index (χ0) is 17.9. The topological polar surface area (TPSA) is 50.7 Å². The Balaban J connectivity index is 1.63. The molecule has 0 aromatic heterocycles. The second kappa shape index (κ2) is 7.06. The van der Waals surface area contributed by atoms with Crippen molar-refractivity contribution in [3.05, 3.63) is 77.2 Å². The van der Waals surface area contributed by atoms with Crippen molar-refractivity contribution in [3.63, 3.8) is 0 Å². The van der Waals surface area contributed by atoms with E-state index in [1.165, 1.54) is 11.8 Å². The molecule has 3 aromatic rings. The molecule has 1 amide bonds. The number of ether oxygens (including phenoxy) is 1. The minimum Gasteiger partial charge on any atom is -0.497 e. The molecule has 26 heavy (non-hydrogen) atoms. The summed E-state index contributed by atoms with van der Waals surface area (Å²) >= 11 is 1.35. The van der Waals surface area contributed by atoms with Crippen molar-refractivity contribution in [2.24, 2.45) is 4.99 Å². The van der Waals surface area contributed by atoms with Crippen LogP contribution < -0.4 is 10.1 Å². The summed E-state index contributed by atoms with van der Waals surface area (Å²) < 4.78 is 5.14. The number of amidine groups is 1. The zero-order valence-corrected chi connectivity index (χ0v) is 14.9. The van der Waals surface area contributed by atoms with Gasteiger partial charge in [-0.2, -0.15) is 0 Å². The third-order valence-electron chi connectivity index (χ3n) is 4.06. The lowest BCUT2D eigenvalue weighted by molar-refractivity contribution is -0.115. The Hall–Kier alpha value is -3.05. The van der Waals surface area contributed by atoms with Crippen LogP contribution in [0, 0.1) is 0 Å². The Morgan fingerprint density at radius 1 is 1.00 bits per heavy atom. The summed E-state index contributed by atoms with van der Waals surface area (Å²) in [6.45, 7) is 0. The number of aliphatic imine (C=N–C) groups is 1. The van der Waals surface area contributed by atoms with Gasteiger partial charge >= 0.3 is 0 Å². The Kier molecular flexibility index (Phi) is 4.46. The normalized spacial score (nSPS) is 17.0. The Bertz CT molecular complexity index is 1030. The van der Waals surface area contributed by atoms with Crippen LogP contribution in [0.15, 0.2) is 76.6 Å². The van der Waals surface area contributed by atoms with Gasteiger partial charge in [0.1, 0.15) is 5.75 Å². The monoisotopic (exact) mass is 360 g/mol. The van der Waals surface area contributed by atoms with E-state index in [1.54, 1.807) is 7.11 Å². The van der Waals surface area contributed by atoms with Gasteiger partial charge < -0.3 is 10.1 Å². The number of hydrogen-bond acceptors (Lipinski definition) is 4. The van der Waals surface area contributed by atoms with Crippen molar-refractivity contribution < 1.29 is 9.53 Å². The molecule has 1 heterocycles. The van der Waals surface area contributed by atoms with Gasteiger partial charge in [-0.15, -0.1) is 0 Å². The summed E-state index contributed by atoms with van der Waals surface area (Å²) in [5, 5.41) is 5.67. The molecule has 5 heteroatoms. The first-order valence-electron chi connectivity index (χ1n) is 8.14. The summed E-state index contributed by atoms with van der Waals surface area (Å²) in [4.78, 5) is 17.4. The molecule has 1 aliphatic rings. The zero-order valence-electron chi connectivity index (χ0n) is 14.1. The smallest absolute Gasteiger partial charge is 0.264 e. The van der Waals surface area contributed by atoms with Gasteiger partial charge in [-0.3, -0.25) is 4.79 Å². The first kappa shape index (κ1) is 16.4. The van der Waals surface area contributed by atoms with Crippen LogP contribution in [-0.2, 0) is 4.79 Å². The summed E-state index contributed by atoms with van der Waals surface area (Å²) in [7, 11) is 1.62. The highest BCUT2D eigenvalue weighted by Gasteiger charge is 2.24. The van der Waals surface area contributed by atoms with Crippen LogP contribution in [0.3, 0.4) is 0 Å². The molecule has 0 bridgehead atoms. The molecule has 4 rings (SSSR count). The highest BCUT2D eigenvalue weighted by molar-refractivity contribution is 8.18. The number of methoxy groups -OCH3 is 1. The standard InChI is InChI=1S/C21H16N2O2S/c1-25-17-11-9-16(10-12-17)22-21-23-20(24)19(26-21)13-15-7-4-6-14-5-2-3-8-18(14)15/h2-13H,1H3,(H,22,23,24)/b19-13-. The molecule has 0 atom stereocenters. The third-order valence-corrected chi connectivity index (χ3v) is 4.97. The fourth-order valence-corrected chi connectivity index (χ4v) is 3.60. The van der Waals surface area contributed by atoms with Gasteiger partial charge in [-0.1, -0.05) is 42.5 Å². The lowest BCUT2D eigenvalue weighted by Crippen LogP contribution is -2.19. The molecule has 1 saturated heterocycles. The van der Waals surface area contributed by atoms with E-state index in [9.17, 15) is 4.79 Å². The average Bonchev–Trinajstić information content (AvgIpc) is 3.01. The van der Waals surface area contributed by atoms with Gasteiger partial charge in [0.2, 0.25) is 0 Å². The Morgan fingerprint density at radius 2 is 1.77 bits per heavy atom.